The lowest BCUT2D eigenvalue weighted by molar-refractivity contribution is -0.122. The second-order valence-electron chi connectivity index (χ2n) is 8.80. The second-order valence-corrected chi connectivity index (χ2v) is 10.9. The highest BCUT2D eigenvalue weighted by Crippen LogP contribution is 2.48. The van der Waals surface area contributed by atoms with Gasteiger partial charge in [-0.2, -0.15) is 5.10 Å². The normalized spacial score (nSPS) is 17.2. The Kier molecular flexibility index (Phi) is 6.94. The average molecular weight is 450 g/mol. The summed E-state index contributed by atoms with van der Waals surface area (Å²) in [5.41, 5.74) is 1.83. The van der Waals surface area contributed by atoms with Crippen LogP contribution in [0.3, 0.4) is 0 Å². The van der Waals surface area contributed by atoms with Gasteiger partial charge in [0.2, 0.25) is 11.8 Å². The van der Waals surface area contributed by atoms with Gasteiger partial charge in [-0.25, -0.2) is 0 Å². The fourth-order valence-electron chi connectivity index (χ4n) is 3.53. The first-order valence-corrected chi connectivity index (χ1v) is 12.0. The maximum atomic E-state index is 13.1. The number of hydrogen-bond acceptors (Lipinski definition) is 6. The zero-order chi connectivity index (χ0) is 22.1. The van der Waals surface area contributed by atoms with Crippen LogP contribution in [0, 0.1) is 0 Å². The van der Waals surface area contributed by atoms with Gasteiger partial charge in [-0.15, -0.1) is 23.1 Å². The molecule has 0 saturated heterocycles. The van der Waals surface area contributed by atoms with E-state index in [9.17, 15) is 9.59 Å². The van der Waals surface area contributed by atoms with Crippen LogP contribution >= 0.6 is 23.1 Å². The number of thioether (sulfide) groups is 1. The molecule has 2 aromatic rings. The molecule has 1 N–H and O–H groups in total. The largest absolute Gasteiger partial charge is 0.353 e. The van der Waals surface area contributed by atoms with Gasteiger partial charge in [-0.05, 0) is 25.5 Å². The zero-order valence-electron chi connectivity index (χ0n) is 18.6. The van der Waals surface area contributed by atoms with Gasteiger partial charge >= 0.3 is 0 Å². The molecule has 1 unspecified atom stereocenters. The first-order chi connectivity index (χ1) is 14.1. The molecule has 1 atom stereocenters. The quantitative estimate of drug-likeness (QED) is 0.734. The van der Waals surface area contributed by atoms with Gasteiger partial charge < -0.3 is 10.2 Å². The fourth-order valence-corrected chi connectivity index (χ4v) is 5.70. The highest BCUT2D eigenvalue weighted by Gasteiger charge is 2.39. The molecular formula is C21H31N5O2S2. The van der Waals surface area contributed by atoms with Gasteiger partial charge in [0, 0.05) is 36.0 Å². The molecule has 0 bridgehead atoms. The summed E-state index contributed by atoms with van der Waals surface area (Å²) in [5, 5.41) is 9.82. The molecule has 0 aromatic carbocycles. The second kappa shape index (κ2) is 9.11. The Bertz CT molecular complexity index is 899. The molecule has 3 heterocycles. The molecule has 2 aromatic heterocycles. The Labute approximate surface area is 186 Å². The highest BCUT2D eigenvalue weighted by molar-refractivity contribution is 8.00. The number of nitrogens with zero attached hydrogens (tertiary/aromatic N) is 4. The van der Waals surface area contributed by atoms with E-state index in [4.69, 9.17) is 5.10 Å². The third-order valence-corrected chi connectivity index (χ3v) is 7.26. The monoisotopic (exact) mass is 449 g/mol. The van der Waals surface area contributed by atoms with E-state index in [-0.39, 0.29) is 29.0 Å². The molecule has 2 amide bonds. The smallest absolute Gasteiger partial charge is 0.240 e. The van der Waals surface area contributed by atoms with Crippen LogP contribution in [0.2, 0.25) is 0 Å². The number of aryl methyl sites for hydroxylation is 1. The molecule has 0 saturated carbocycles. The Hall–Kier alpha value is -1.84. The van der Waals surface area contributed by atoms with Crippen molar-refractivity contribution in [2.24, 2.45) is 7.05 Å². The molecule has 3 rings (SSSR count). The SMILES string of the molecule is CN(C)CCNC(=O)CN1C(=O)CSC(c2cccs2)c2c(C(C)(C)C)nn(C)c21. The first-order valence-electron chi connectivity index (χ1n) is 10.0. The van der Waals surface area contributed by atoms with E-state index in [1.165, 1.54) is 4.88 Å². The van der Waals surface area contributed by atoms with Crippen LogP contribution in [0.4, 0.5) is 5.82 Å². The van der Waals surface area contributed by atoms with Gasteiger partial charge in [-0.1, -0.05) is 26.8 Å². The molecular weight excluding hydrogens is 418 g/mol. The van der Waals surface area contributed by atoms with Crippen molar-refractivity contribution in [3.63, 3.8) is 0 Å². The Morgan fingerprint density at radius 2 is 2.10 bits per heavy atom. The average Bonchev–Trinajstić information content (AvgIpc) is 3.25. The van der Waals surface area contributed by atoms with E-state index in [1.54, 1.807) is 32.7 Å². The third kappa shape index (κ3) is 4.90. The van der Waals surface area contributed by atoms with Crippen molar-refractivity contribution in [2.45, 2.75) is 31.4 Å². The van der Waals surface area contributed by atoms with E-state index < -0.39 is 0 Å². The van der Waals surface area contributed by atoms with E-state index in [0.717, 1.165) is 23.6 Å². The van der Waals surface area contributed by atoms with Crippen LogP contribution in [0.15, 0.2) is 17.5 Å². The Balaban J connectivity index is 2.01. The molecule has 164 valence electrons. The van der Waals surface area contributed by atoms with Gasteiger partial charge in [-0.3, -0.25) is 19.2 Å². The standard InChI is InChI=1S/C21H31N5O2S2/c1-21(2,3)19-17-18(14-8-7-11-29-14)30-13-16(28)26(20(17)25(6)23-19)12-15(27)22-9-10-24(4)5/h7-8,11,18H,9-10,12-13H2,1-6H3,(H,22,27). The Morgan fingerprint density at radius 1 is 1.37 bits per heavy atom. The number of anilines is 1. The van der Waals surface area contributed by atoms with E-state index in [0.29, 0.717) is 12.3 Å². The van der Waals surface area contributed by atoms with Crippen molar-refractivity contribution in [2.75, 3.05) is 44.4 Å². The number of likely N-dealkylation sites (N-methyl/N-ethyl adjacent to an activating group) is 1. The predicted molar refractivity (Wildman–Crippen MR) is 124 cm³/mol. The van der Waals surface area contributed by atoms with Crippen molar-refractivity contribution >= 4 is 40.7 Å². The summed E-state index contributed by atoms with van der Waals surface area (Å²) >= 11 is 3.31. The van der Waals surface area contributed by atoms with E-state index in [1.807, 2.05) is 32.1 Å². The third-order valence-electron chi connectivity index (χ3n) is 4.94. The summed E-state index contributed by atoms with van der Waals surface area (Å²) in [4.78, 5) is 30.5. The maximum Gasteiger partial charge on any atom is 0.240 e. The number of nitrogens with one attached hydrogen (secondary N) is 1. The lowest BCUT2D eigenvalue weighted by atomic mass is 9.88. The van der Waals surface area contributed by atoms with Crippen LogP contribution in [0.5, 0.6) is 0 Å². The molecule has 1 aliphatic heterocycles. The minimum Gasteiger partial charge on any atom is -0.353 e. The maximum absolute atomic E-state index is 13.1. The molecule has 30 heavy (non-hydrogen) atoms. The van der Waals surface area contributed by atoms with Crippen molar-refractivity contribution in [1.82, 2.24) is 20.0 Å². The molecule has 1 aliphatic rings. The molecule has 9 heteroatoms. The molecule has 0 spiro atoms. The van der Waals surface area contributed by atoms with Crippen molar-refractivity contribution in [3.8, 4) is 0 Å². The minimum absolute atomic E-state index is 0.0000978. The number of thiophene rings is 1. The van der Waals surface area contributed by atoms with Gasteiger partial charge in [0.05, 0.1) is 16.7 Å². The summed E-state index contributed by atoms with van der Waals surface area (Å²) in [5.74, 6) is 0.836. The predicted octanol–water partition coefficient (Wildman–Crippen LogP) is 2.63. The topological polar surface area (TPSA) is 70.5 Å². The van der Waals surface area contributed by atoms with Crippen molar-refractivity contribution < 1.29 is 9.59 Å². The Morgan fingerprint density at radius 3 is 2.70 bits per heavy atom. The lowest BCUT2D eigenvalue weighted by Gasteiger charge is -2.23. The molecule has 0 aliphatic carbocycles. The van der Waals surface area contributed by atoms with Crippen LogP contribution in [0.1, 0.15) is 42.2 Å². The fraction of sp³-hybridized carbons (Fsp3) is 0.571. The van der Waals surface area contributed by atoms with E-state index in [2.05, 4.69) is 37.5 Å². The number of carbonyl (C=O) groups excluding carboxylic acids is 2. The molecule has 0 fully saturated rings. The minimum atomic E-state index is -0.186. The summed E-state index contributed by atoms with van der Waals surface area (Å²) in [6.07, 6.45) is 0. The summed E-state index contributed by atoms with van der Waals surface area (Å²) in [7, 11) is 5.78. The number of carbonyl (C=O) groups is 2. The molecule has 7 nitrogen and oxygen atoms in total. The first kappa shape index (κ1) is 22.8. The van der Waals surface area contributed by atoms with Crippen molar-refractivity contribution in [1.29, 1.82) is 0 Å². The van der Waals surface area contributed by atoms with Gasteiger partial charge in [0.1, 0.15) is 12.4 Å². The molecule has 0 radical (unpaired) electrons. The summed E-state index contributed by atoms with van der Waals surface area (Å²) in [6, 6.07) is 4.15. The number of hydrogen-bond donors (Lipinski definition) is 1. The van der Waals surface area contributed by atoms with Crippen LogP contribution in [-0.4, -0.2) is 66.0 Å². The van der Waals surface area contributed by atoms with Crippen LogP contribution in [0.25, 0.3) is 0 Å². The number of fused-ring (bicyclic) bond motifs is 1. The van der Waals surface area contributed by atoms with Crippen LogP contribution in [-0.2, 0) is 22.1 Å². The number of amides is 2. The highest BCUT2D eigenvalue weighted by atomic mass is 32.2. The lowest BCUT2D eigenvalue weighted by Crippen LogP contribution is -2.43. The van der Waals surface area contributed by atoms with Gasteiger partial charge in [0.25, 0.3) is 0 Å². The van der Waals surface area contributed by atoms with Gasteiger partial charge in [0.15, 0.2) is 0 Å². The number of aromatic nitrogens is 2. The summed E-state index contributed by atoms with van der Waals surface area (Å²) in [6.45, 7) is 7.71. The zero-order valence-corrected chi connectivity index (χ0v) is 20.2. The van der Waals surface area contributed by atoms with E-state index >= 15 is 0 Å². The number of rotatable bonds is 6. The van der Waals surface area contributed by atoms with Crippen LogP contribution < -0.4 is 10.2 Å². The van der Waals surface area contributed by atoms with Crippen molar-refractivity contribution in [3.05, 3.63) is 33.6 Å². The summed E-state index contributed by atoms with van der Waals surface area (Å²) < 4.78 is 1.77.